The number of hydrogen-bond donors (Lipinski definition) is 3. The molecule has 11 heteroatoms. The molecule has 1 heterocycles. The number of ether oxygens (including phenoxy) is 3. The molecule has 1 atom stereocenters. The molecule has 1 aromatic heterocycles. The van der Waals surface area contributed by atoms with Gasteiger partial charge in [0.1, 0.15) is 11.6 Å². The van der Waals surface area contributed by atoms with Gasteiger partial charge in [-0.2, -0.15) is 0 Å². The molecule has 0 saturated heterocycles. The predicted octanol–water partition coefficient (Wildman–Crippen LogP) is 3.82. The zero-order valence-corrected chi connectivity index (χ0v) is 23.5. The summed E-state index contributed by atoms with van der Waals surface area (Å²) in [5.41, 5.74) is -1.76. The molecule has 1 unspecified atom stereocenters. The van der Waals surface area contributed by atoms with Crippen LogP contribution in [0.5, 0.6) is 5.75 Å². The van der Waals surface area contributed by atoms with Crippen molar-refractivity contribution in [2.24, 2.45) is 0 Å². The first kappa shape index (κ1) is 31.5. The van der Waals surface area contributed by atoms with Gasteiger partial charge in [-0.05, 0) is 65.3 Å². The van der Waals surface area contributed by atoms with Crippen LogP contribution in [0.4, 0.5) is 0 Å². The average Bonchev–Trinajstić information content (AvgIpc) is 2.74. The molecule has 0 bridgehead atoms. The van der Waals surface area contributed by atoms with Crippen LogP contribution >= 0.6 is 11.6 Å². The number of carbonyl (C=O) groups excluding carboxylic acids is 2. The number of aromatic nitrogens is 1. The fraction of sp³-hybridized carbons (Fsp3) is 0.519. The van der Waals surface area contributed by atoms with Gasteiger partial charge in [-0.15, -0.1) is 0 Å². The summed E-state index contributed by atoms with van der Waals surface area (Å²) in [5.74, 6) is -1.42. The highest BCUT2D eigenvalue weighted by atomic mass is 35.5. The summed E-state index contributed by atoms with van der Waals surface area (Å²) in [4.78, 5) is 39.2. The van der Waals surface area contributed by atoms with Gasteiger partial charge in [0.15, 0.2) is 11.5 Å². The molecule has 2 aromatic rings. The van der Waals surface area contributed by atoms with Gasteiger partial charge in [0.25, 0.3) is 5.56 Å². The Morgan fingerprint density at radius 3 is 2.16 bits per heavy atom. The van der Waals surface area contributed by atoms with E-state index in [0.717, 1.165) is 16.8 Å². The lowest BCUT2D eigenvalue weighted by Crippen LogP contribution is -2.38. The van der Waals surface area contributed by atoms with Gasteiger partial charge in [-0.1, -0.05) is 18.5 Å². The SMILES string of the molecule is CCC(=O)c1ccc(Cl)cc1-c1cc(=O)n(C(CCOC(C)(C)C)C(=O)OC(C)(C)C)cc1OC(O)(O)O. The maximum atomic E-state index is 13.4. The Morgan fingerprint density at radius 2 is 1.63 bits per heavy atom. The van der Waals surface area contributed by atoms with E-state index in [4.69, 9.17) is 25.8 Å². The summed E-state index contributed by atoms with van der Waals surface area (Å²) in [6.45, 7) is 12.3. The van der Waals surface area contributed by atoms with Crippen LogP contribution in [-0.2, 0) is 14.3 Å². The number of benzene rings is 1. The Morgan fingerprint density at radius 1 is 1.00 bits per heavy atom. The quantitative estimate of drug-likeness (QED) is 0.227. The van der Waals surface area contributed by atoms with E-state index in [9.17, 15) is 29.7 Å². The van der Waals surface area contributed by atoms with Crippen molar-refractivity contribution in [3.05, 3.63) is 51.4 Å². The van der Waals surface area contributed by atoms with Crippen LogP contribution in [0.15, 0.2) is 35.3 Å². The van der Waals surface area contributed by atoms with Crippen LogP contribution in [0.25, 0.3) is 11.1 Å². The zero-order valence-electron chi connectivity index (χ0n) is 22.7. The average molecular weight is 554 g/mol. The Kier molecular flexibility index (Phi) is 9.90. The summed E-state index contributed by atoms with van der Waals surface area (Å²) in [7, 11) is 0. The Bertz CT molecular complexity index is 1220. The Hall–Kier alpha value is -2.76. The van der Waals surface area contributed by atoms with Crippen molar-refractivity contribution >= 4 is 23.4 Å². The molecule has 0 amide bonds. The molecule has 2 rings (SSSR count). The number of halogens is 1. The highest BCUT2D eigenvalue weighted by molar-refractivity contribution is 6.31. The number of pyridine rings is 1. The third-order valence-electron chi connectivity index (χ3n) is 5.13. The maximum absolute atomic E-state index is 13.4. The maximum Gasteiger partial charge on any atom is 0.453 e. The van der Waals surface area contributed by atoms with Crippen LogP contribution in [-0.4, -0.2) is 55.6 Å². The highest BCUT2D eigenvalue weighted by Gasteiger charge is 2.31. The van der Waals surface area contributed by atoms with Crippen LogP contribution in [0.3, 0.4) is 0 Å². The Labute approximate surface area is 226 Å². The number of Topliss-reactive ketones (excluding diaryl/α,β-unsaturated/α-hetero) is 1. The lowest BCUT2D eigenvalue weighted by molar-refractivity contribution is -0.419. The molecule has 38 heavy (non-hydrogen) atoms. The predicted molar refractivity (Wildman–Crippen MR) is 141 cm³/mol. The van der Waals surface area contributed by atoms with E-state index in [-0.39, 0.29) is 46.9 Å². The van der Waals surface area contributed by atoms with Crippen LogP contribution in [0, 0.1) is 0 Å². The van der Waals surface area contributed by atoms with Crippen LogP contribution < -0.4 is 10.3 Å². The van der Waals surface area contributed by atoms with Crippen LogP contribution in [0.2, 0.25) is 5.02 Å². The summed E-state index contributed by atoms with van der Waals surface area (Å²) in [6.07, 6.45) is -2.42. The van der Waals surface area contributed by atoms with Gasteiger partial charge in [0.2, 0.25) is 0 Å². The van der Waals surface area contributed by atoms with E-state index >= 15 is 0 Å². The zero-order chi connectivity index (χ0) is 29.1. The Balaban J connectivity index is 2.76. The molecule has 0 fully saturated rings. The molecule has 0 radical (unpaired) electrons. The van der Waals surface area contributed by atoms with E-state index in [1.165, 1.54) is 18.2 Å². The van der Waals surface area contributed by atoms with Gasteiger partial charge < -0.3 is 29.5 Å². The summed E-state index contributed by atoms with van der Waals surface area (Å²) >= 11 is 6.16. The van der Waals surface area contributed by atoms with Gasteiger partial charge in [0, 0.05) is 41.7 Å². The fourth-order valence-electron chi connectivity index (χ4n) is 3.60. The second-order valence-corrected chi connectivity index (χ2v) is 11.2. The van der Waals surface area contributed by atoms with E-state index in [0.29, 0.717) is 0 Å². The molecule has 10 nitrogen and oxygen atoms in total. The first-order chi connectivity index (χ1) is 17.3. The number of rotatable bonds is 10. The first-order valence-corrected chi connectivity index (χ1v) is 12.5. The topological polar surface area (TPSA) is 145 Å². The minimum atomic E-state index is -3.64. The number of hydrogen-bond acceptors (Lipinski definition) is 9. The molecule has 0 spiro atoms. The minimum absolute atomic E-state index is 0.0319. The summed E-state index contributed by atoms with van der Waals surface area (Å²) in [5, 5.41) is 29.1. The third kappa shape index (κ3) is 9.21. The molecule has 0 saturated carbocycles. The van der Waals surface area contributed by atoms with E-state index in [2.05, 4.69) is 0 Å². The summed E-state index contributed by atoms with van der Waals surface area (Å²) < 4.78 is 17.2. The smallest absolute Gasteiger partial charge is 0.453 e. The fourth-order valence-corrected chi connectivity index (χ4v) is 3.77. The van der Waals surface area contributed by atoms with Gasteiger partial charge in [-0.3, -0.25) is 14.2 Å². The van der Waals surface area contributed by atoms with Crippen molar-refractivity contribution in [2.75, 3.05) is 6.61 Å². The third-order valence-corrected chi connectivity index (χ3v) is 5.36. The van der Waals surface area contributed by atoms with Crippen molar-refractivity contribution in [1.82, 2.24) is 4.57 Å². The minimum Gasteiger partial charge on any atom is -0.458 e. The molecule has 0 aliphatic carbocycles. The standard InChI is InChI=1S/C27H36ClNO9/c1-8-21(30)17-10-9-16(28)13-18(17)19-14-23(31)29(15-22(19)37-27(33,34)35)20(11-12-36-25(2,3)4)24(32)38-26(5,6)7/h9-10,13-15,20,33-35H,8,11-12H2,1-7H3. The summed E-state index contributed by atoms with van der Waals surface area (Å²) in [6, 6.07) is 4.24. The van der Waals surface area contributed by atoms with Crippen molar-refractivity contribution in [1.29, 1.82) is 0 Å². The number of ketones is 1. The number of esters is 1. The van der Waals surface area contributed by atoms with Gasteiger partial charge in [0.05, 0.1) is 11.8 Å². The molecular weight excluding hydrogens is 518 g/mol. The lowest BCUT2D eigenvalue weighted by atomic mass is 9.96. The lowest BCUT2D eigenvalue weighted by Gasteiger charge is -2.27. The largest absolute Gasteiger partial charge is 0.458 e. The van der Waals surface area contributed by atoms with Gasteiger partial charge >= 0.3 is 12.1 Å². The monoisotopic (exact) mass is 553 g/mol. The second kappa shape index (κ2) is 12.0. The van der Waals surface area contributed by atoms with Crippen molar-refractivity contribution < 1.29 is 39.1 Å². The number of carbonyl (C=O) groups is 2. The normalized spacial score (nSPS) is 13.2. The van der Waals surface area contributed by atoms with Crippen molar-refractivity contribution in [3.8, 4) is 16.9 Å². The molecule has 3 N–H and O–H groups in total. The van der Waals surface area contributed by atoms with Crippen LogP contribution in [0.1, 0.15) is 77.7 Å². The first-order valence-electron chi connectivity index (χ1n) is 12.1. The number of aliphatic hydroxyl groups is 3. The molecular formula is C27H36ClNO9. The van der Waals surface area contributed by atoms with Crippen molar-refractivity contribution in [2.45, 2.75) is 84.7 Å². The number of nitrogens with zero attached hydrogens (tertiary/aromatic N) is 1. The molecule has 210 valence electrons. The van der Waals surface area contributed by atoms with E-state index in [1.807, 2.05) is 20.8 Å². The van der Waals surface area contributed by atoms with E-state index in [1.54, 1.807) is 27.7 Å². The van der Waals surface area contributed by atoms with E-state index < -0.39 is 40.7 Å². The molecule has 0 aliphatic heterocycles. The second-order valence-electron chi connectivity index (χ2n) is 10.7. The molecule has 1 aromatic carbocycles. The molecule has 0 aliphatic rings. The highest BCUT2D eigenvalue weighted by Crippen LogP contribution is 2.36. The van der Waals surface area contributed by atoms with Gasteiger partial charge in [-0.25, -0.2) is 4.79 Å². The van der Waals surface area contributed by atoms with Crippen molar-refractivity contribution in [3.63, 3.8) is 0 Å².